The Morgan fingerprint density at radius 1 is 1.22 bits per heavy atom. The molecule has 0 heterocycles. The van der Waals surface area contributed by atoms with Crippen LogP contribution in [-0.2, 0) is 16.1 Å². The van der Waals surface area contributed by atoms with Gasteiger partial charge < -0.3 is 15.8 Å². The summed E-state index contributed by atoms with van der Waals surface area (Å²) in [6.07, 6.45) is 5.89. The zero-order valence-electron chi connectivity index (χ0n) is 13.7. The summed E-state index contributed by atoms with van der Waals surface area (Å²) in [5.41, 5.74) is 7.12. The van der Waals surface area contributed by atoms with E-state index < -0.39 is 0 Å². The number of carbonyl (C=O) groups is 1. The lowest BCUT2D eigenvalue weighted by Crippen LogP contribution is -2.38. The monoisotopic (exact) mass is 340 g/mol. The van der Waals surface area contributed by atoms with E-state index in [9.17, 15) is 4.79 Å². The first-order chi connectivity index (χ1) is 10.8. The Morgan fingerprint density at radius 3 is 2.74 bits per heavy atom. The molecule has 0 bridgehead atoms. The SMILES string of the molecule is Cl.NC1CCCC(C(=O)NCCCCOCc2ccccc2)C1. The Labute approximate surface area is 145 Å². The van der Waals surface area contributed by atoms with Gasteiger partial charge in [-0.25, -0.2) is 0 Å². The summed E-state index contributed by atoms with van der Waals surface area (Å²) in [6, 6.07) is 10.4. The van der Waals surface area contributed by atoms with Gasteiger partial charge in [0, 0.05) is 25.1 Å². The number of carbonyl (C=O) groups excluding carboxylic acids is 1. The number of nitrogens with two attached hydrogens (primary N) is 1. The number of hydrogen-bond donors (Lipinski definition) is 2. The van der Waals surface area contributed by atoms with Gasteiger partial charge in [-0.2, -0.15) is 0 Å². The number of benzene rings is 1. The minimum atomic E-state index is 0. The van der Waals surface area contributed by atoms with Crippen molar-refractivity contribution >= 4 is 18.3 Å². The number of unbranched alkanes of at least 4 members (excludes halogenated alkanes) is 1. The number of amides is 1. The van der Waals surface area contributed by atoms with Crippen molar-refractivity contribution in [1.29, 1.82) is 0 Å². The van der Waals surface area contributed by atoms with E-state index in [-0.39, 0.29) is 30.3 Å². The lowest BCUT2D eigenvalue weighted by molar-refractivity contribution is -0.126. The summed E-state index contributed by atoms with van der Waals surface area (Å²) in [5, 5.41) is 3.03. The molecular formula is C18H29ClN2O2. The lowest BCUT2D eigenvalue weighted by Gasteiger charge is -2.25. The number of ether oxygens (including phenoxy) is 1. The first-order valence-corrected chi connectivity index (χ1v) is 8.40. The molecule has 1 aromatic carbocycles. The summed E-state index contributed by atoms with van der Waals surface area (Å²) in [4.78, 5) is 12.0. The lowest BCUT2D eigenvalue weighted by atomic mass is 9.85. The molecular weight excluding hydrogens is 312 g/mol. The van der Waals surface area contributed by atoms with Crippen molar-refractivity contribution < 1.29 is 9.53 Å². The van der Waals surface area contributed by atoms with Crippen LogP contribution in [-0.4, -0.2) is 25.1 Å². The van der Waals surface area contributed by atoms with Crippen molar-refractivity contribution in [3.05, 3.63) is 35.9 Å². The van der Waals surface area contributed by atoms with Gasteiger partial charge in [-0.15, -0.1) is 12.4 Å². The molecule has 1 fully saturated rings. The van der Waals surface area contributed by atoms with Gasteiger partial charge in [0.15, 0.2) is 0 Å². The Morgan fingerprint density at radius 2 is 2.00 bits per heavy atom. The second-order valence-corrected chi connectivity index (χ2v) is 6.16. The maximum atomic E-state index is 12.0. The third-order valence-electron chi connectivity index (χ3n) is 4.21. The van der Waals surface area contributed by atoms with Crippen LogP contribution in [0.4, 0.5) is 0 Å². The van der Waals surface area contributed by atoms with Crippen LogP contribution >= 0.6 is 12.4 Å². The van der Waals surface area contributed by atoms with Crippen LogP contribution in [0.15, 0.2) is 30.3 Å². The highest BCUT2D eigenvalue weighted by Crippen LogP contribution is 2.23. The smallest absolute Gasteiger partial charge is 0.223 e. The van der Waals surface area contributed by atoms with Crippen molar-refractivity contribution in [2.24, 2.45) is 11.7 Å². The zero-order valence-corrected chi connectivity index (χ0v) is 14.5. The van der Waals surface area contributed by atoms with Crippen LogP contribution in [0.25, 0.3) is 0 Å². The first kappa shape index (κ1) is 19.9. The predicted octanol–water partition coefficient (Wildman–Crippen LogP) is 3.04. The highest BCUT2D eigenvalue weighted by molar-refractivity contribution is 5.85. The molecule has 0 saturated heterocycles. The van der Waals surface area contributed by atoms with E-state index in [0.29, 0.717) is 6.61 Å². The largest absolute Gasteiger partial charge is 0.377 e. The van der Waals surface area contributed by atoms with E-state index in [1.807, 2.05) is 18.2 Å². The summed E-state index contributed by atoms with van der Waals surface area (Å²) >= 11 is 0. The van der Waals surface area contributed by atoms with E-state index in [4.69, 9.17) is 10.5 Å². The second kappa shape index (κ2) is 11.4. The summed E-state index contributed by atoms with van der Waals surface area (Å²) < 4.78 is 5.63. The number of hydrogen-bond acceptors (Lipinski definition) is 3. The average Bonchev–Trinajstić information content (AvgIpc) is 2.54. The summed E-state index contributed by atoms with van der Waals surface area (Å²) in [7, 11) is 0. The van der Waals surface area contributed by atoms with E-state index in [1.54, 1.807) is 0 Å². The molecule has 2 rings (SSSR count). The third kappa shape index (κ3) is 7.82. The molecule has 0 aliphatic heterocycles. The van der Waals surface area contributed by atoms with Crippen LogP contribution in [0.5, 0.6) is 0 Å². The van der Waals surface area contributed by atoms with Crippen molar-refractivity contribution in [2.45, 2.75) is 51.2 Å². The van der Waals surface area contributed by atoms with Crippen LogP contribution in [0.2, 0.25) is 0 Å². The fraction of sp³-hybridized carbons (Fsp3) is 0.611. The Kier molecular flexibility index (Phi) is 9.92. The van der Waals surface area contributed by atoms with E-state index in [1.165, 1.54) is 5.56 Å². The van der Waals surface area contributed by atoms with E-state index in [0.717, 1.165) is 51.7 Å². The number of rotatable bonds is 8. The van der Waals surface area contributed by atoms with Crippen LogP contribution in [0.1, 0.15) is 44.1 Å². The number of halogens is 1. The summed E-state index contributed by atoms with van der Waals surface area (Å²) in [6.45, 7) is 2.13. The third-order valence-corrected chi connectivity index (χ3v) is 4.21. The predicted molar refractivity (Wildman–Crippen MR) is 95.5 cm³/mol. The normalized spacial score (nSPS) is 20.6. The highest BCUT2D eigenvalue weighted by atomic mass is 35.5. The summed E-state index contributed by atoms with van der Waals surface area (Å²) in [5.74, 6) is 0.304. The van der Waals surface area contributed by atoms with Crippen molar-refractivity contribution in [3.8, 4) is 0 Å². The zero-order chi connectivity index (χ0) is 15.6. The molecule has 4 nitrogen and oxygen atoms in total. The van der Waals surface area contributed by atoms with Gasteiger partial charge in [-0.1, -0.05) is 36.8 Å². The van der Waals surface area contributed by atoms with Gasteiger partial charge in [0.05, 0.1) is 6.61 Å². The van der Waals surface area contributed by atoms with Crippen LogP contribution < -0.4 is 11.1 Å². The van der Waals surface area contributed by atoms with Gasteiger partial charge in [-0.3, -0.25) is 4.79 Å². The maximum Gasteiger partial charge on any atom is 0.223 e. The average molecular weight is 341 g/mol. The molecule has 0 aromatic heterocycles. The van der Waals surface area contributed by atoms with Crippen molar-refractivity contribution in [3.63, 3.8) is 0 Å². The van der Waals surface area contributed by atoms with Gasteiger partial charge in [0.2, 0.25) is 5.91 Å². The van der Waals surface area contributed by atoms with Crippen LogP contribution in [0.3, 0.4) is 0 Å². The molecule has 3 N–H and O–H groups in total. The molecule has 23 heavy (non-hydrogen) atoms. The topological polar surface area (TPSA) is 64.4 Å². The molecule has 2 atom stereocenters. The first-order valence-electron chi connectivity index (χ1n) is 8.40. The maximum absolute atomic E-state index is 12.0. The molecule has 1 amide bonds. The molecule has 2 unspecified atom stereocenters. The highest BCUT2D eigenvalue weighted by Gasteiger charge is 2.24. The van der Waals surface area contributed by atoms with E-state index in [2.05, 4.69) is 17.4 Å². The molecule has 1 aliphatic carbocycles. The van der Waals surface area contributed by atoms with Crippen LogP contribution in [0, 0.1) is 5.92 Å². The van der Waals surface area contributed by atoms with Gasteiger partial charge >= 0.3 is 0 Å². The number of nitrogens with one attached hydrogen (secondary N) is 1. The molecule has 1 saturated carbocycles. The fourth-order valence-corrected chi connectivity index (χ4v) is 2.92. The quantitative estimate of drug-likeness (QED) is 0.715. The minimum absolute atomic E-state index is 0. The van der Waals surface area contributed by atoms with Crippen molar-refractivity contribution in [2.75, 3.05) is 13.2 Å². The van der Waals surface area contributed by atoms with Gasteiger partial charge in [-0.05, 0) is 37.7 Å². The van der Waals surface area contributed by atoms with Gasteiger partial charge in [0.1, 0.15) is 0 Å². The molecule has 1 aromatic rings. The molecule has 130 valence electrons. The Bertz CT molecular complexity index is 442. The molecule has 0 radical (unpaired) electrons. The van der Waals surface area contributed by atoms with E-state index >= 15 is 0 Å². The molecule has 0 spiro atoms. The van der Waals surface area contributed by atoms with Crippen molar-refractivity contribution in [1.82, 2.24) is 5.32 Å². The molecule has 5 heteroatoms. The Balaban J connectivity index is 0.00000264. The second-order valence-electron chi connectivity index (χ2n) is 6.16. The molecule has 1 aliphatic rings. The fourth-order valence-electron chi connectivity index (χ4n) is 2.92. The standard InChI is InChI=1S/C18H28N2O2.ClH/c19-17-10-6-9-16(13-17)18(21)20-11-4-5-12-22-14-15-7-2-1-3-8-15;/h1-3,7-8,16-17H,4-6,9-14,19H2,(H,20,21);1H. The van der Waals surface area contributed by atoms with Gasteiger partial charge in [0.25, 0.3) is 0 Å². The Hall–Kier alpha value is -1.10. The minimum Gasteiger partial charge on any atom is -0.377 e.